The summed E-state index contributed by atoms with van der Waals surface area (Å²) >= 11 is 0. The lowest BCUT2D eigenvalue weighted by atomic mass is 10.0. The second-order valence-corrected chi connectivity index (χ2v) is 6.06. The van der Waals surface area contributed by atoms with Gasteiger partial charge in [-0.15, -0.1) is 0 Å². The summed E-state index contributed by atoms with van der Waals surface area (Å²) in [5.41, 5.74) is 1.98. The number of hydrogen-bond donors (Lipinski definition) is 2. The smallest absolute Gasteiger partial charge is 0.101 e. The second-order valence-electron chi connectivity index (χ2n) is 6.06. The minimum absolute atomic E-state index is 0.880. The van der Waals surface area contributed by atoms with Crippen LogP contribution in [0.1, 0.15) is 33.4 Å². The topological polar surface area (TPSA) is 40.9 Å². The van der Waals surface area contributed by atoms with Gasteiger partial charge in [0.2, 0.25) is 0 Å². The molecule has 0 bridgehead atoms. The summed E-state index contributed by atoms with van der Waals surface area (Å²) < 4.78 is 2.08. The number of aromatic nitrogens is 2. The van der Waals surface area contributed by atoms with Crippen LogP contribution in [0.15, 0.2) is 36.5 Å². The number of hydrogen-bond acceptors (Lipinski definition) is 1. The molecule has 0 aliphatic carbocycles. The molecule has 2 aromatic heterocycles. The van der Waals surface area contributed by atoms with Crippen molar-refractivity contribution in [2.24, 2.45) is 0 Å². The molecule has 22 heavy (non-hydrogen) atoms. The van der Waals surface area contributed by atoms with Gasteiger partial charge in [-0.05, 0) is 39.8 Å². The van der Waals surface area contributed by atoms with E-state index in [4.69, 9.17) is 0 Å². The summed E-state index contributed by atoms with van der Waals surface area (Å²) in [5, 5.41) is 14.1. The van der Waals surface area contributed by atoms with E-state index in [0.29, 0.717) is 0 Å². The van der Waals surface area contributed by atoms with Crippen molar-refractivity contribution in [3.63, 3.8) is 0 Å². The van der Waals surface area contributed by atoms with Gasteiger partial charge in [0.25, 0.3) is 0 Å². The minimum atomic E-state index is -0.946. The number of nitrogens with zero attached hydrogens (tertiary/aromatic N) is 1. The van der Waals surface area contributed by atoms with Gasteiger partial charge in [0.15, 0.2) is 0 Å². The zero-order chi connectivity index (χ0) is 15.9. The van der Waals surface area contributed by atoms with E-state index in [1.165, 1.54) is 5.22 Å². The number of fused-ring (bicyclic) bond motifs is 1. The van der Waals surface area contributed by atoms with E-state index in [-0.39, 0.29) is 0 Å². The van der Waals surface area contributed by atoms with Gasteiger partial charge < -0.3 is 14.7 Å². The predicted molar refractivity (Wildman–Crippen MR) is 92.4 cm³/mol. The average molecular weight is 294 g/mol. The number of para-hydroxylation sites is 1. The highest BCUT2D eigenvalue weighted by atomic mass is 16.3. The summed E-state index contributed by atoms with van der Waals surface area (Å²) in [4.78, 5) is 3.46. The fraction of sp³-hybridized carbons (Fsp3) is 0.263. The summed E-state index contributed by atoms with van der Waals surface area (Å²) in [6.45, 7) is 7.71. The molecule has 114 valence electrons. The highest BCUT2D eigenvalue weighted by Gasteiger charge is 2.26. The molecule has 3 nitrogen and oxygen atoms in total. The van der Waals surface area contributed by atoms with Gasteiger partial charge in [0, 0.05) is 27.8 Å². The highest BCUT2D eigenvalue weighted by Crippen LogP contribution is 2.29. The molecular formula is C19H22N2O. The third-order valence-electron chi connectivity index (χ3n) is 4.04. The number of nitrogens with one attached hydrogen (secondary N) is 1. The highest BCUT2D eigenvalue weighted by molar-refractivity contribution is 5.85. The zero-order valence-electron chi connectivity index (χ0n) is 13.5. The Morgan fingerprint density at radius 3 is 2.32 bits per heavy atom. The number of aliphatic hydroxyl groups is 1. The Balaban J connectivity index is 2.47. The van der Waals surface area contributed by atoms with Crippen LogP contribution < -0.4 is 10.6 Å². The van der Waals surface area contributed by atoms with Gasteiger partial charge in [-0.25, -0.2) is 0 Å². The Bertz CT molecular complexity index is 922. The standard InChI is InChI=1S/C19H22N2O/c1-5-14-15-12-21(13-10-8-7-9-11-13)18(19(3,4)22)17(15)20-16(14)6-2/h5-12,20,22H,1-4H3. The van der Waals surface area contributed by atoms with E-state index in [1.807, 2.05) is 45.9 Å². The zero-order valence-corrected chi connectivity index (χ0v) is 13.5. The number of benzene rings is 1. The first-order valence-corrected chi connectivity index (χ1v) is 7.61. The molecule has 0 aliphatic heterocycles. The molecule has 0 amide bonds. The monoisotopic (exact) mass is 294 g/mol. The fourth-order valence-corrected chi connectivity index (χ4v) is 3.12. The number of aromatic amines is 1. The molecular weight excluding hydrogens is 272 g/mol. The van der Waals surface area contributed by atoms with Crippen molar-refractivity contribution in [2.75, 3.05) is 0 Å². The molecule has 2 heterocycles. The van der Waals surface area contributed by atoms with Crippen molar-refractivity contribution < 1.29 is 5.11 Å². The van der Waals surface area contributed by atoms with Crippen LogP contribution in [0.5, 0.6) is 0 Å². The molecule has 3 heteroatoms. The molecule has 0 saturated heterocycles. The summed E-state index contributed by atoms with van der Waals surface area (Å²) in [6.07, 6.45) is 6.28. The van der Waals surface area contributed by atoms with Crippen LogP contribution in [0.2, 0.25) is 0 Å². The Labute approximate surface area is 130 Å². The lowest BCUT2D eigenvalue weighted by Crippen LogP contribution is -2.23. The first-order chi connectivity index (χ1) is 10.5. The van der Waals surface area contributed by atoms with E-state index in [1.54, 1.807) is 0 Å². The van der Waals surface area contributed by atoms with Crippen LogP contribution in [0.25, 0.3) is 28.7 Å². The fourth-order valence-electron chi connectivity index (χ4n) is 3.12. The van der Waals surface area contributed by atoms with Crippen LogP contribution in [0, 0.1) is 0 Å². The van der Waals surface area contributed by atoms with Gasteiger partial charge in [-0.1, -0.05) is 30.4 Å². The molecule has 0 saturated carbocycles. The van der Waals surface area contributed by atoms with E-state index >= 15 is 0 Å². The van der Waals surface area contributed by atoms with Gasteiger partial charge in [-0.3, -0.25) is 0 Å². The molecule has 0 aliphatic rings. The van der Waals surface area contributed by atoms with Crippen LogP contribution in [-0.2, 0) is 5.60 Å². The Hall–Kier alpha value is -2.26. The maximum absolute atomic E-state index is 10.7. The lowest BCUT2D eigenvalue weighted by molar-refractivity contribution is 0.0735. The summed E-state index contributed by atoms with van der Waals surface area (Å²) in [6, 6.07) is 10.1. The molecule has 3 rings (SSSR count). The second kappa shape index (κ2) is 5.18. The Kier molecular flexibility index (Phi) is 3.45. The quantitative estimate of drug-likeness (QED) is 0.750. The van der Waals surface area contributed by atoms with Crippen molar-refractivity contribution in [3.05, 3.63) is 52.8 Å². The van der Waals surface area contributed by atoms with E-state index < -0.39 is 5.60 Å². The molecule has 0 fully saturated rings. The number of rotatable bonds is 2. The van der Waals surface area contributed by atoms with Crippen molar-refractivity contribution >= 4 is 23.1 Å². The Morgan fingerprint density at radius 1 is 1.09 bits per heavy atom. The van der Waals surface area contributed by atoms with Crippen molar-refractivity contribution in [1.29, 1.82) is 0 Å². The molecule has 0 atom stereocenters. The SMILES string of the molecule is CC=c1[nH]c2c(C(C)(C)O)n(-c3ccccc3)cc2c1=CC. The predicted octanol–water partition coefficient (Wildman–Crippen LogP) is 2.79. The lowest BCUT2D eigenvalue weighted by Gasteiger charge is -2.21. The van der Waals surface area contributed by atoms with Crippen LogP contribution in [0.3, 0.4) is 0 Å². The number of H-pyrrole nitrogens is 1. The van der Waals surface area contributed by atoms with E-state index in [2.05, 4.69) is 40.0 Å². The minimum Gasteiger partial charge on any atom is -0.384 e. The molecule has 1 aromatic carbocycles. The van der Waals surface area contributed by atoms with Crippen molar-refractivity contribution in [2.45, 2.75) is 33.3 Å². The van der Waals surface area contributed by atoms with Crippen molar-refractivity contribution in [1.82, 2.24) is 9.55 Å². The average Bonchev–Trinajstić information content (AvgIpc) is 3.01. The van der Waals surface area contributed by atoms with Crippen molar-refractivity contribution in [3.8, 4) is 5.69 Å². The first kappa shape index (κ1) is 14.7. The van der Waals surface area contributed by atoms with Gasteiger partial charge in [0.1, 0.15) is 5.60 Å². The first-order valence-electron chi connectivity index (χ1n) is 7.61. The largest absolute Gasteiger partial charge is 0.384 e. The van der Waals surface area contributed by atoms with Crippen LogP contribution in [0.4, 0.5) is 0 Å². The van der Waals surface area contributed by atoms with Gasteiger partial charge in [-0.2, -0.15) is 0 Å². The molecule has 0 radical (unpaired) electrons. The van der Waals surface area contributed by atoms with Gasteiger partial charge in [0.05, 0.1) is 11.2 Å². The van der Waals surface area contributed by atoms with E-state index in [9.17, 15) is 5.11 Å². The third kappa shape index (κ3) is 2.18. The van der Waals surface area contributed by atoms with Gasteiger partial charge >= 0.3 is 0 Å². The molecule has 3 aromatic rings. The van der Waals surface area contributed by atoms with E-state index in [0.717, 1.165) is 27.6 Å². The maximum atomic E-state index is 10.7. The molecule has 0 spiro atoms. The van der Waals surface area contributed by atoms with Crippen LogP contribution >= 0.6 is 0 Å². The normalized spacial score (nSPS) is 14.2. The summed E-state index contributed by atoms with van der Waals surface area (Å²) in [7, 11) is 0. The molecule has 2 N–H and O–H groups in total. The maximum Gasteiger partial charge on any atom is 0.101 e. The Morgan fingerprint density at radius 2 is 1.77 bits per heavy atom. The van der Waals surface area contributed by atoms with Crippen LogP contribution in [-0.4, -0.2) is 14.7 Å². The molecule has 0 unspecified atom stereocenters. The third-order valence-corrected chi connectivity index (χ3v) is 4.04. The summed E-state index contributed by atoms with van der Waals surface area (Å²) in [5.74, 6) is 0.